The maximum absolute atomic E-state index is 10.9. The normalized spacial score (nSPS) is 23.1. The van der Waals surface area contributed by atoms with Crippen molar-refractivity contribution in [2.45, 2.75) is 204 Å². The molecule has 3 aliphatic rings. The van der Waals surface area contributed by atoms with Crippen molar-refractivity contribution in [2.24, 2.45) is 5.41 Å². The summed E-state index contributed by atoms with van der Waals surface area (Å²) in [5.74, 6) is 1.40. The molecule has 0 unspecified atom stereocenters. The molecule has 0 amide bonds. The third-order valence-corrected chi connectivity index (χ3v) is 35.8. The van der Waals surface area contributed by atoms with Gasteiger partial charge in [-0.2, -0.15) is 0 Å². The van der Waals surface area contributed by atoms with Gasteiger partial charge in [-0.15, -0.1) is 23.5 Å². The van der Waals surface area contributed by atoms with E-state index in [1.807, 2.05) is 0 Å². The maximum atomic E-state index is 10.9. The number of hydrogen-bond donors (Lipinski definition) is 1. The fourth-order valence-electron chi connectivity index (χ4n) is 12.3. The molecule has 0 aromatic heterocycles. The van der Waals surface area contributed by atoms with Gasteiger partial charge in [0.15, 0.2) is 14.1 Å². The van der Waals surface area contributed by atoms with E-state index in [9.17, 15) is 5.11 Å². The lowest BCUT2D eigenvalue weighted by Gasteiger charge is -2.56. The van der Waals surface area contributed by atoms with Gasteiger partial charge in [-0.05, 0) is 113 Å². The van der Waals surface area contributed by atoms with Gasteiger partial charge in [0.2, 0.25) is 0 Å². The predicted molar refractivity (Wildman–Crippen MR) is 331 cm³/mol. The smallest absolute Gasteiger partial charge is 0.261 e. The average molecular weight is 1130 g/mol. The summed E-state index contributed by atoms with van der Waals surface area (Å²) in [4.78, 5) is 0. The lowest BCUT2D eigenvalue weighted by molar-refractivity contribution is -0.305. The minimum Gasteiger partial charge on any atom is -0.413 e. The van der Waals surface area contributed by atoms with Crippen LogP contribution in [0.15, 0.2) is 133 Å². The van der Waals surface area contributed by atoms with Crippen molar-refractivity contribution >= 4 is 69.2 Å². The second-order valence-corrected chi connectivity index (χ2v) is 43.0. The molecular formula is C64H96O7S2Si3. The molecule has 3 fully saturated rings. The van der Waals surface area contributed by atoms with Crippen LogP contribution in [-0.2, 0) is 27.5 Å². The molecule has 3 saturated heterocycles. The molecule has 4 aromatic rings. The Kier molecular flexibility index (Phi) is 20.0. The van der Waals surface area contributed by atoms with Gasteiger partial charge in [-0.1, -0.05) is 209 Å². The van der Waals surface area contributed by atoms with Gasteiger partial charge in [0.1, 0.15) is 0 Å². The van der Waals surface area contributed by atoms with Crippen molar-refractivity contribution in [3.05, 3.63) is 133 Å². The number of thioether (sulfide) groups is 2. The Balaban J connectivity index is 1.15. The molecule has 5 atom stereocenters. The second kappa shape index (κ2) is 24.8. The second-order valence-electron chi connectivity index (χ2n) is 26.6. The Morgan fingerprint density at radius 2 is 1.07 bits per heavy atom. The third kappa shape index (κ3) is 13.7. The van der Waals surface area contributed by atoms with E-state index in [1.54, 1.807) is 0 Å². The number of benzene rings is 4. The summed E-state index contributed by atoms with van der Waals surface area (Å²) in [7, 11) is -7.78. The minimum atomic E-state index is -2.74. The molecule has 0 radical (unpaired) electrons. The number of ether oxygens (including phenoxy) is 3. The summed E-state index contributed by atoms with van der Waals surface area (Å²) in [6.45, 7) is 36.1. The molecule has 0 aliphatic carbocycles. The summed E-state index contributed by atoms with van der Waals surface area (Å²) in [5.41, 5.74) is 1.00. The van der Waals surface area contributed by atoms with Crippen molar-refractivity contribution < 1.29 is 32.6 Å². The van der Waals surface area contributed by atoms with Gasteiger partial charge < -0.3 is 32.6 Å². The van der Waals surface area contributed by atoms with E-state index in [0.717, 1.165) is 43.6 Å². The quantitative estimate of drug-likeness (QED) is 0.0688. The molecule has 3 heterocycles. The van der Waals surface area contributed by atoms with Gasteiger partial charge in [0.25, 0.3) is 16.6 Å². The zero-order valence-electron chi connectivity index (χ0n) is 49.2. The standard InChI is InChI=1S/C64H96O7S2Si3/c1-59(2,3)74(14,15)71-58(46-51-45-50(69-63(12,13)70-51)38-40-67-76(61(7,8)9,56-33-24-18-25-34-56)57-35-26-19-27-36-57)62(10,11)64(72-41-28-42-73-64)47-52-43-49(44-53(48-65)68-52)37-39-66-75(60(4,5)6,54-29-20-16-21-30-54)55-31-22-17-23-32-55/h16-27,29-37,50-53,58,65H,28,38-48H2,1-15H3/b49-37-/t50-,51-,52+,53-,58+/m1/s1. The van der Waals surface area contributed by atoms with Gasteiger partial charge in [0.05, 0.1) is 47.8 Å². The lowest BCUT2D eigenvalue weighted by Crippen LogP contribution is -2.66. The molecule has 12 heteroatoms. The topological polar surface area (TPSA) is 75.6 Å². The molecule has 418 valence electrons. The van der Waals surface area contributed by atoms with E-state index in [0.29, 0.717) is 19.6 Å². The van der Waals surface area contributed by atoms with Crippen molar-refractivity contribution in [3.63, 3.8) is 0 Å². The first-order valence-corrected chi connectivity index (χ1v) is 37.1. The van der Waals surface area contributed by atoms with Crippen LogP contribution in [0.25, 0.3) is 0 Å². The van der Waals surface area contributed by atoms with E-state index in [2.05, 4.69) is 254 Å². The minimum absolute atomic E-state index is 0.00895. The Labute approximate surface area is 472 Å². The zero-order valence-corrected chi connectivity index (χ0v) is 53.8. The van der Waals surface area contributed by atoms with Crippen LogP contribution in [0.3, 0.4) is 0 Å². The first-order chi connectivity index (χ1) is 35.7. The first kappa shape index (κ1) is 61.3. The largest absolute Gasteiger partial charge is 0.413 e. The van der Waals surface area contributed by atoms with E-state index >= 15 is 0 Å². The Bertz CT molecular complexity index is 2370. The lowest BCUT2D eigenvalue weighted by atomic mass is 9.76. The van der Waals surface area contributed by atoms with Crippen LogP contribution >= 0.6 is 23.5 Å². The van der Waals surface area contributed by atoms with Crippen molar-refractivity contribution in [3.8, 4) is 0 Å². The average Bonchev–Trinajstić information content (AvgIpc) is 3.36. The van der Waals surface area contributed by atoms with E-state index in [1.165, 1.54) is 32.7 Å². The highest BCUT2D eigenvalue weighted by Gasteiger charge is 2.57. The van der Waals surface area contributed by atoms with Crippen LogP contribution in [-0.4, -0.2) is 102 Å². The first-order valence-electron chi connectivity index (χ1n) is 28.4. The van der Waals surface area contributed by atoms with Crippen molar-refractivity contribution in [2.75, 3.05) is 31.3 Å². The molecule has 7 nitrogen and oxygen atoms in total. The highest BCUT2D eigenvalue weighted by molar-refractivity contribution is 8.18. The molecule has 7 rings (SSSR count). The van der Waals surface area contributed by atoms with E-state index < -0.39 is 30.7 Å². The number of aliphatic hydroxyl groups excluding tert-OH is 1. The monoisotopic (exact) mass is 1120 g/mol. The van der Waals surface area contributed by atoms with E-state index in [4.69, 9.17) is 27.5 Å². The van der Waals surface area contributed by atoms with Crippen LogP contribution < -0.4 is 20.7 Å². The summed E-state index contributed by atoms with van der Waals surface area (Å²) in [6.07, 6.45) is 7.57. The fourth-order valence-corrected chi connectivity index (χ4v) is 26.6. The molecule has 4 aromatic carbocycles. The van der Waals surface area contributed by atoms with Crippen LogP contribution in [0, 0.1) is 5.41 Å². The molecule has 76 heavy (non-hydrogen) atoms. The molecule has 1 N–H and O–H groups in total. The van der Waals surface area contributed by atoms with Crippen LogP contribution in [0.2, 0.25) is 28.2 Å². The summed E-state index contributed by atoms with van der Waals surface area (Å²) in [6, 6.07) is 43.7. The molecular weight excluding hydrogens is 1030 g/mol. The third-order valence-electron chi connectivity index (χ3n) is 17.2. The molecule has 0 saturated carbocycles. The van der Waals surface area contributed by atoms with Crippen LogP contribution in [0.1, 0.15) is 135 Å². The highest BCUT2D eigenvalue weighted by Crippen LogP contribution is 2.60. The highest BCUT2D eigenvalue weighted by atomic mass is 32.2. The van der Waals surface area contributed by atoms with Crippen molar-refractivity contribution in [1.29, 1.82) is 0 Å². The summed E-state index contributed by atoms with van der Waals surface area (Å²) < 4.78 is 43.3. The van der Waals surface area contributed by atoms with Crippen LogP contribution in [0.4, 0.5) is 0 Å². The van der Waals surface area contributed by atoms with Crippen molar-refractivity contribution in [1.82, 2.24) is 0 Å². The number of hydrogen-bond acceptors (Lipinski definition) is 9. The Hall–Kier alpha value is -2.31. The zero-order chi connectivity index (χ0) is 55.3. The van der Waals surface area contributed by atoms with Gasteiger partial charge >= 0.3 is 0 Å². The predicted octanol–water partition coefficient (Wildman–Crippen LogP) is 13.7. The van der Waals surface area contributed by atoms with Crippen LogP contribution in [0.5, 0.6) is 0 Å². The van der Waals surface area contributed by atoms with Gasteiger partial charge in [-0.25, -0.2) is 0 Å². The number of aliphatic hydroxyl groups is 1. The Morgan fingerprint density at radius 1 is 0.618 bits per heavy atom. The SMILES string of the molecule is CC1(C)O[C@H](CCO[Si](c2ccccc2)(c2ccccc2)C(C)(C)C)C[C@H](C[C@H](O[Si](C)(C)C(C)(C)C)C(C)(C)C2(C[C@@H]3C/C(=C/CO[Si](c4ccccc4)(c4ccccc4)C(C)(C)C)C[C@H](CO)O3)SCCCS2)O1. The van der Waals surface area contributed by atoms with Gasteiger partial charge in [0, 0.05) is 18.4 Å². The van der Waals surface area contributed by atoms with E-state index in [-0.39, 0.29) is 61.7 Å². The molecule has 0 bridgehead atoms. The summed E-state index contributed by atoms with van der Waals surface area (Å²) >= 11 is 4.23. The summed E-state index contributed by atoms with van der Waals surface area (Å²) in [5, 5.41) is 15.8. The Morgan fingerprint density at radius 3 is 1.51 bits per heavy atom. The molecule has 0 spiro atoms. The van der Waals surface area contributed by atoms with Gasteiger partial charge in [-0.3, -0.25) is 0 Å². The molecule has 3 aliphatic heterocycles. The number of rotatable bonds is 20. The fraction of sp³-hybridized carbons (Fsp3) is 0.594. The maximum Gasteiger partial charge on any atom is 0.261 e.